The summed E-state index contributed by atoms with van der Waals surface area (Å²) in [5.41, 5.74) is 2.30. The lowest BCUT2D eigenvalue weighted by Gasteiger charge is -2.40. The van der Waals surface area contributed by atoms with E-state index in [2.05, 4.69) is 104 Å². The number of methoxy groups -OCH3 is 1. The zero-order valence-electron chi connectivity index (χ0n) is 28.2. The molecule has 242 valence electrons. The molecular weight excluding hydrogens is 585 g/mol. The first-order valence-corrected chi connectivity index (χ1v) is 22.8. The van der Waals surface area contributed by atoms with Crippen LogP contribution >= 0.6 is 0 Å². The van der Waals surface area contributed by atoms with Gasteiger partial charge in [0.25, 0.3) is 10.1 Å². The second-order valence-electron chi connectivity index (χ2n) is 15.0. The average Bonchev–Trinajstić information content (AvgIpc) is 3.08. The Morgan fingerprint density at radius 3 is 2.17 bits per heavy atom. The molecule has 1 saturated carbocycles. The number of ether oxygens (including phenoxy) is 1. The third kappa shape index (κ3) is 10.9. The highest BCUT2D eigenvalue weighted by molar-refractivity contribution is 7.85. The Bertz CT molecular complexity index is 1140. The number of benzene rings is 1. The van der Waals surface area contributed by atoms with Crippen LogP contribution in [-0.4, -0.2) is 68.4 Å². The van der Waals surface area contributed by atoms with Gasteiger partial charge in [-0.25, -0.2) is 0 Å². The van der Waals surface area contributed by atoms with Gasteiger partial charge in [0.1, 0.15) is 0 Å². The summed E-state index contributed by atoms with van der Waals surface area (Å²) in [6.07, 6.45) is 6.11. The number of hydrogen-bond acceptors (Lipinski definition) is 7. The van der Waals surface area contributed by atoms with Crippen molar-refractivity contribution < 1.29 is 31.3 Å². The van der Waals surface area contributed by atoms with Gasteiger partial charge in [-0.2, -0.15) is 8.42 Å². The van der Waals surface area contributed by atoms with Crippen molar-refractivity contribution in [3.8, 4) is 0 Å². The Hall–Kier alpha value is -0.856. The van der Waals surface area contributed by atoms with E-state index in [4.69, 9.17) is 17.8 Å². The number of aliphatic hydroxyl groups excluding tert-OH is 1. The minimum atomic E-state index is -3.56. The van der Waals surface area contributed by atoms with Crippen molar-refractivity contribution in [2.24, 2.45) is 11.8 Å². The van der Waals surface area contributed by atoms with E-state index in [0.717, 1.165) is 11.8 Å². The van der Waals surface area contributed by atoms with Gasteiger partial charge in [0.15, 0.2) is 16.6 Å². The summed E-state index contributed by atoms with van der Waals surface area (Å²) in [5, 5.41) is 11.3. The lowest BCUT2D eigenvalue weighted by molar-refractivity contribution is 0.107. The smallest absolute Gasteiger partial charge is 0.264 e. The summed E-state index contributed by atoms with van der Waals surface area (Å²) in [6.45, 7) is 23.0. The molecule has 0 saturated heterocycles. The second-order valence-corrected chi connectivity index (χ2v) is 26.2. The van der Waals surface area contributed by atoms with Crippen molar-refractivity contribution in [2.45, 2.75) is 122 Å². The van der Waals surface area contributed by atoms with Crippen molar-refractivity contribution in [1.29, 1.82) is 0 Å². The van der Waals surface area contributed by atoms with Gasteiger partial charge in [0.2, 0.25) is 0 Å². The molecule has 0 heterocycles. The molecule has 0 radical (unpaired) electrons. The first-order chi connectivity index (χ1) is 19.1. The van der Waals surface area contributed by atoms with E-state index in [9.17, 15) is 13.5 Å². The maximum Gasteiger partial charge on any atom is 0.264 e. The highest BCUT2D eigenvalue weighted by atomic mass is 32.2. The Morgan fingerprint density at radius 2 is 1.62 bits per heavy atom. The van der Waals surface area contributed by atoms with Gasteiger partial charge >= 0.3 is 0 Å². The molecule has 1 aromatic carbocycles. The maximum absolute atomic E-state index is 11.7. The van der Waals surface area contributed by atoms with Crippen molar-refractivity contribution in [2.75, 3.05) is 20.0 Å². The van der Waals surface area contributed by atoms with Gasteiger partial charge in [-0.1, -0.05) is 78.0 Å². The predicted octanol–water partition coefficient (Wildman–Crippen LogP) is 7.08. The largest absolute Gasteiger partial charge is 0.413 e. The third-order valence-electron chi connectivity index (χ3n) is 9.43. The Kier molecular flexibility index (Phi) is 12.9. The van der Waals surface area contributed by atoms with Crippen molar-refractivity contribution >= 4 is 26.8 Å². The van der Waals surface area contributed by atoms with Crippen molar-refractivity contribution in [3.05, 3.63) is 47.5 Å². The van der Waals surface area contributed by atoms with Crippen LogP contribution in [0.5, 0.6) is 0 Å². The van der Waals surface area contributed by atoms with Gasteiger partial charge in [-0.3, -0.25) is 4.18 Å². The molecule has 1 aliphatic carbocycles. The number of hydrogen-bond donors (Lipinski definition) is 1. The van der Waals surface area contributed by atoms with E-state index in [0.29, 0.717) is 25.9 Å². The van der Waals surface area contributed by atoms with Crippen LogP contribution in [0.25, 0.3) is 0 Å². The van der Waals surface area contributed by atoms with Crippen LogP contribution in [0.15, 0.2) is 36.4 Å². The zero-order valence-corrected chi connectivity index (χ0v) is 31.0. The molecule has 2 rings (SSSR count). The van der Waals surface area contributed by atoms with E-state index < -0.39 is 32.9 Å². The lowest BCUT2D eigenvalue weighted by atomic mass is 9.90. The topological polar surface area (TPSA) is 91.3 Å². The van der Waals surface area contributed by atoms with Crippen LogP contribution in [0.2, 0.25) is 36.3 Å². The molecule has 10 heteroatoms. The Morgan fingerprint density at radius 1 is 1.02 bits per heavy atom. The van der Waals surface area contributed by atoms with E-state index in [1.165, 1.54) is 5.56 Å². The molecule has 1 fully saturated rings. The maximum atomic E-state index is 11.7. The first-order valence-electron chi connectivity index (χ1n) is 15.2. The van der Waals surface area contributed by atoms with Gasteiger partial charge in [0, 0.05) is 19.4 Å². The summed E-state index contributed by atoms with van der Waals surface area (Å²) >= 11 is 0. The summed E-state index contributed by atoms with van der Waals surface area (Å²) in [7, 11) is -6.11. The lowest BCUT2D eigenvalue weighted by Crippen LogP contribution is -2.45. The van der Waals surface area contributed by atoms with Gasteiger partial charge in [-0.05, 0) is 66.2 Å². The fraction of sp³-hybridized carbons (Fsp3) is 0.750. The average molecular weight is 643 g/mol. The van der Waals surface area contributed by atoms with Crippen molar-refractivity contribution in [1.82, 2.24) is 0 Å². The molecule has 0 bridgehead atoms. The van der Waals surface area contributed by atoms with Gasteiger partial charge in [0.05, 0.1) is 37.8 Å². The van der Waals surface area contributed by atoms with Crippen LogP contribution in [-0.2, 0) is 40.9 Å². The van der Waals surface area contributed by atoms with Gasteiger partial charge in [-0.15, -0.1) is 0 Å². The molecule has 0 unspecified atom stereocenters. The molecular formula is C32H58O7SSi2. The zero-order chi connectivity index (χ0) is 32.1. The fourth-order valence-corrected chi connectivity index (χ4v) is 8.01. The molecule has 1 N–H and O–H groups in total. The Balaban J connectivity index is 2.46. The third-order valence-corrected chi connectivity index (χ3v) is 19.0. The first kappa shape index (κ1) is 37.3. The van der Waals surface area contributed by atoms with E-state index in [-0.39, 0.29) is 40.7 Å². The standard InChI is InChI=1S/C32H58O7SSi2/c1-31(2,3)41(9,10)38-26(21-24-14-13-15-25(20-24)23-36-7)16-17-28-27(18-19-37-40(8,34)35)29(33)22-30(28)39-42(11,12)32(4,5)6/h13-17,20,26-30,33H,18-19,21-23H2,1-12H3/b17-16+/t26-,27-,28-,29+,30-/m1/s1. The summed E-state index contributed by atoms with van der Waals surface area (Å²) in [6, 6.07) is 8.43. The number of aliphatic hydroxyl groups is 1. The molecule has 0 spiro atoms. The van der Waals surface area contributed by atoms with Crippen LogP contribution in [0.3, 0.4) is 0 Å². The fourth-order valence-electron chi connectivity index (χ4n) is 4.97. The van der Waals surface area contributed by atoms with Crippen LogP contribution in [0.4, 0.5) is 0 Å². The minimum Gasteiger partial charge on any atom is -0.413 e. The molecule has 42 heavy (non-hydrogen) atoms. The number of rotatable bonds is 14. The van der Waals surface area contributed by atoms with E-state index >= 15 is 0 Å². The Labute approximate surface area is 258 Å². The van der Waals surface area contributed by atoms with Crippen LogP contribution < -0.4 is 0 Å². The van der Waals surface area contributed by atoms with E-state index in [1.54, 1.807) is 7.11 Å². The normalized spacial score (nSPS) is 23.5. The molecule has 0 amide bonds. The van der Waals surface area contributed by atoms with E-state index in [1.807, 2.05) is 0 Å². The van der Waals surface area contributed by atoms with Crippen LogP contribution in [0.1, 0.15) is 65.5 Å². The highest BCUT2D eigenvalue weighted by Crippen LogP contribution is 2.44. The molecule has 1 aromatic rings. The predicted molar refractivity (Wildman–Crippen MR) is 177 cm³/mol. The second kappa shape index (κ2) is 14.5. The quantitative estimate of drug-likeness (QED) is 0.132. The summed E-state index contributed by atoms with van der Waals surface area (Å²) in [4.78, 5) is 0. The molecule has 7 nitrogen and oxygen atoms in total. The van der Waals surface area contributed by atoms with Gasteiger partial charge < -0.3 is 18.7 Å². The SMILES string of the molecule is COCc1cccc(C[C@@H](/C=C/[C@@H]2[C@@H](CCOS(C)(=O)=O)[C@@H](O)C[C@H]2O[Si](C)(C)C(C)(C)C)O[Si](C)(C)C(C)(C)C)c1. The molecule has 0 aromatic heterocycles. The van der Waals surface area contributed by atoms with Crippen LogP contribution in [0, 0.1) is 11.8 Å². The summed E-state index contributed by atoms with van der Waals surface area (Å²) in [5.74, 6) is -0.279. The monoisotopic (exact) mass is 642 g/mol. The minimum absolute atomic E-state index is 0.0188. The molecule has 0 aliphatic heterocycles. The molecule has 5 atom stereocenters. The van der Waals surface area contributed by atoms with Crippen molar-refractivity contribution in [3.63, 3.8) is 0 Å². The summed E-state index contributed by atoms with van der Waals surface area (Å²) < 4.78 is 47.6. The molecule has 1 aliphatic rings. The highest BCUT2D eigenvalue weighted by Gasteiger charge is 2.47.